The van der Waals surface area contributed by atoms with Crippen LogP contribution >= 0.6 is 0 Å². The summed E-state index contributed by atoms with van der Waals surface area (Å²) in [6.45, 7) is 0.741. The molecule has 0 saturated heterocycles. The van der Waals surface area contributed by atoms with Gasteiger partial charge >= 0.3 is 0 Å². The largest absolute Gasteiger partial charge is 0.399 e. The van der Waals surface area contributed by atoms with E-state index in [1.54, 1.807) is 0 Å². The quantitative estimate of drug-likeness (QED) is 0.572. The summed E-state index contributed by atoms with van der Waals surface area (Å²) < 4.78 is 4.04. The average molecular weight is 329 g/mol. The summed E-state index contributed by atoms with van der Waals surface area (Å²) in [6.07, 6.45) is 8.55. The van der Waals surface area contributed by atoms with Gasteiger partial charge in [-0.1, -0.05) is 30.3 Å². The fourth-order valence-electron chi connectivity index (χ4n) is 2.90. The van der Waals surface area contributed by atoms with Gasteiger partial charge in [0.25, 0.3) is 0 Å². The monoisotopic (exact) mass is 329 g/mol. The third-order valence-corrected chi connectivity index (χ3v) is 4.12. The summed E-state index contributed by atoms with van der Waals surface area (Å²) in [5.74, 6) is 1.01. The Bertz CT molecular complexity index is 968. The lowest BCUT2D eigenvalue weighted by molar-refractivity contribution is 0.740. The molecule has 0 aliphatic heterocycles. The first-order chi connectivity index (χ1) is 12.3. The summed E-state index contributed by atoms with van der Waals surface area (Å²) in [4.78, 5) is 4.50. The highest BCUT2D eigenvalue weighted by atomic mass is 15.3. The average Bonchev–Trinajstić information content (AvgIpc) is 3.26. The highest BCUT2D eigenvalue weighted by Crippen LogP contribution is 2.14. The van der Waals surface area contributed by atoms with Crippen molar-refractivity contribution in [2.24, 2.45) is 0 Å². The molecule has 0 saturated carbocycles. The number of nitrogens with two attached hydrogens (primary N) is 1. The van der Waals surface area contributed by atoms with Crippen LogP contribution in [0.4, 0.5) is 5.69 Å². The van der Waals surface area contributed by atoms with Crippen LogP contribution in [0.3, 0.4) is 0 Å². The summed E-state index contributed by atoms with van der Waals surface area (Å²) in [6, 6.07) is 18.0. The van der Waals surface area contributed by atoms with Gasteiger partial charge in [-0.2, -0.15) is 5.10 Å². The van der Waals surface area contributed by atoms with Crippen molar-refractivity contribution in [3.05, 3.63) is 96.3 Å². The Balaban J connectivity index is 1.53. The maximum atomic E-state index is 5.87. The Kier molecular flexibility index (Phi) is 4.04. The van der Waals surface area contributed by atoms with E-state index in [2.05, 4.69) is 26.9 Å². The van der Waals surface area contributed by atoms with E-state index in [0.717, 1.165) is 41.3 Å². The zero-order valence-electron chi connectivity index (χ0n) is 13.8. The SMILES string of the molecule is Nc1cccc(Cc2nccn2Cc2cnn(-c3ccccc3)c2)c1. The van der Waals surface area contributed by atoms with Crippen LogP contribution < -0.4 is 5.73 Å². The molecule has 0 aliphatic rings. The second kappa shape index (κ2) is 6.65. The Hall–Kier alpha value is -3.34. The molecule has 0 fully saturated rings. The predicted octanol–water partition coefficient (Wildman–Crippen LogP) is 3.29. The summed E-state index contributed by atoms with van der Waals surface area (Å²) in [7, 11) is 0. The van der Waals surface area contributed by atoms with Crippen molar-refractivity contribution in [2.45, 2.75) is 13.0 Å². The van der Waals surface area contributed by atoms with Crippen LogP contribution in [0, 0.1) is 0 Å². The molecule has 0 amide bonds. The van der Waals surface area contributed by atoms with Crippen LogP contribution in [0.15, 0.2) is 79.4 Å². The van der Waals surface area contributed by atoms with Gasteiger partial charge in [-0.15, -0.1) is 0 Å². The van der Waals surface area contributed by atoms with Crippen molar-refractivity contribution < 1.29 is 0 Å². The Morgan fingerprint density at radius 3 is 2.68 bits per heavy atom. The van der Waals surface area contributed by atoms with Crippen molar-refractivity contribution in [2.75, 3.05) is 5.73 Å². The topological polar surface area (TPSA) is 61.7 Å². The molecule has 2 aromatic heterocycles. The van der Waals surface area contributed by atoms with E-state index in [-0.39, 0.29) is 0 Å². The molecule has 4 aromatic rings. The molecule has 5 heteroatoms. The zero-order chi connectivity index (χ0) is 17.1. The molecular formula is C20H19N5. The van der Waals surface area contributed by atoms with Crippen LogP contribution in [0.25, 0.3) is 5.69 Å². The van der Waals surface area contributed by atoms with Crippen molar-refractivity contribution in [1.29, 1.82) is 0 Å². The van der Waals surface area contributed by atoms with E-state index in [1.165, 1.54) is 0 Å². The van der Waals surface area contributed by atoms with Gasteiger partial charge in [-0.3, -0.25) is 0 Å². The van der Waals surface area contributed by atoms with Gasteiger partial charge in [0.2, 0.25) is 0 Å². The van der Waals surface area contributed by atoms with Crippen LogP contribution in [0.1, 0.15) is 17.0 Å². The van der Waals surface area contributed by atoms with E-state index in [0.29, 0.717) is 0 Å². The van der Waals surface area contributed by atoms with Gasteiger partial charge in [0.05, 0.1) is 18.4 Å². The predicted molar refractivity (Wildman–Crippen MR) is 98.6 cm³/mol. The van der Waals surface area contributed by atoms with E-state index >= 15 is 0 Å². The number of imidazole rings is 1. The van der Waals surface area contributed by atoms with Gasteiger partial charge < -0.3 is 10.3 Å². The van der Waals surface area contributed by atoms with Crippen LogP contribution in [0.5, 0.6) is 0 Å². The van der Waals surface area contributed by atoms with Gasteiger partial charge in [0.15, 0.2) is 0 Å². The third-order valence-electron chi connectivity index (χ3n) is 4.12. The maximum Gasteiger partial charge on any atom is 0.113 e. The molecular weight excluding hydrogens is 310 g/mol. The molecule has 5 nitrogen and oxygen atoms in total. The molecule has 4 rings (SSSR count). The molecule has 25 heavy (non-hydrogen) atoms. The number of hydrogen-bond acceptors (Lipinski definition) is 3. The standard InChI is InChI=1S/C20H19N5/c21-18-6-4-5-16(11-18)12-20-22-9-10-24(20)14-17-13-23-25(15-17)19-7-2-1-3-8-19/h1-11,13,15H,12,14,21H2. The van der Waals surface area contributed by atoms with Gasteiger partial charge in [-0.25, -0.2) is 9.67 Å². The highest BCUT2D eigenvalue weighted by Gasteiger charge is 2.07. The van der Waals surface area contributed by atoms with Crippen LogP contribution in [-0.4, -0.2) is 19.3 Å². The van der Waals surface area contributed by atoms with Crippen molar-refractivity contribution in [1.82, 2.24) is 19.3 Å². The number of aromatic nitrogens is 4. The fourth-order valence-corrected chi connectivity index (χ4v) is 2.90. The lowest BCUT2D eigenvalue weighted by Crippen LogP contribution is -2.05. The molecule has 2 N–H and O–H groups in total. The Labute approximate surface area is 146 Å². The summed E-state index contributed by atoms with van der Waals surface area (Å²) in [5, 5.41) is 4.46. The highest BCUT2D eigenvalue weighted by molar-refractivity contribution is 5.41. The minimum Gasteiger partial charge on any atom is -0.399 e. The number of hydrogen-bond donors (Lipinski definition) is 1. The van der Waals surface area contributed by atoms with Crippen LogP contribution in [-0.2, 0) is 13.0 Å². The lowest BCUT2D eigenvalue weighted by atomic mass is 10.1. The number of nitrogens with zero attached hydrogens (tertiary/aromatic N) is 4. The number of rotatable bonds is 5. The number of benzene rings is 2. The molecule has 124 valence electrons. The van der Waals surface area contributed by atoms with E-state index in [9.17, 15) is 0 Å². The van der Waals surface area contributed by atoms with Crippen LogP contribution in [0.2, 0.25) is 0 Å². The number of anilines is 1. The molecule has 0 aliphatic carbocycles. The maximum absolute atomic E-state index is 5.87. The first-order valence-electron chi connectivity index (χ1n) is 8.21. The fraction of sp³-hybridized carbons (Fsp3) is 0.100. The number of para-hydroxylation sites is 1. The van der Waals surface area contributed by atoms with E-state index in [4.69, 9.17) is 5.73 Å². The van der Waals surface area contributed by atoms with Gasteiger partial charge in [0, 0.05) is 36.3 Å². The van der Waals surface area contributed by atoms with Crippen molar-refractivity contribution in [3.63, 3.8) is 0 Å². The second-order valence-corrected chi connectivity index (χ2v) is 6.02. The minimum absolute atomic E-state index is 0.741. The normalized spacial score (nSPS) is 10.9. The summed E-state index contributed by atoms with van der Waals surface area (Å²) >= 11 is 0. The van der Waals surface area contributed by atoms with Crippen molar-refractivity contribution in [3.8, 4) is 5.69 Å². The molecule has 2 heterocycles. The smallest absolute Gasteiger partial charge is 0.113 e. The van der Waals surface area contributed by atoms with E-state index in [1.807, 2.05) is 71.8 Å². The molecule has 0 atom stereocenters. The molecule has 2 aromatic carbocycles. The molecule has 0 unspecified atom stereocenters. The lowest BCUT2D eigenvalue weighted by Gasteiger charge is -2.07. The first kappa shape index (κ1) is 15.2. The third kappa shape index (κ3) is 3.45. The van der Waals surface area contributed by atoms with E-state index < -0.39 is 0 Å². The summed E-state index contributed by atoms with van der Waals surface area (Å²) in [5.41, 5.74) is 10.00. The molecule has 0 spiro atoms. The zero-order valence-corrected chi connectivity index (χ0v) is 13.8. The second-order valence-electron chi connectivity index (χ2n) is 6.02. The molecule has 0 bridgehead atoms. The van der Waals surface area contributed by atoms with Crippen molar-refractivity contribution >= 4 is 5.69 Å². The molecule has 0 radical (unpaired) electrons. The Morgan fingerprint density at radius 1 is 0.960 bits per heavy atom. The van der Waals surface area contributed by atoms with Gasteiger partial charge in [-0.05, 0) is 29.8 Å². The Morgan fingerprint density at radius 2 is 1.84 bits per heavy atom. The number of nitrogen functional groups attached to an aromatic ring is 1. The first-order valence-corrected chi connectivity index (χ1v) is 8.21. The van der Waals surface area contributed by atoms with Gasteiger partial charge in [0.1, 0.15) is 5.82 Å². The minimum atomic E-state index is 0.741.